The molecule has 0 atom stereocenters. The molecule has 0 bridgehead atoms. The molecule has 0 aliphatic carbocycles. The van der Waals surface area contributed by atoms with Crippen molar-refractivity contribution in [1.82, 2.24) is 4.98 Å². The zero-order valence-electron chi connectivity index (χ0n) is 15.1. The van der Waals surface area contributed by atoms with Crippen molar-refractivity contribution >= 4 is 54.3 Å². The van der Waals surface area contributed by atoms with E-state index < -0.39 is 0 Å². The maximum atomic E-state index is 12.7. The molecular weight excluding hydrogens is 372 g/mol. The summed E-state index contributed by atoms with van der Waals surface area (Å²) in [5.41, 5.74) is 1.44. The number of hydrogen-bond donors (Lipinski definition) is 1. The molecule has 6 heteroatoms. The lowest BCUT2D eigenvalue weighted by Crippen LogP contribution is -2.10. The highest BCUT2D eigenvalue weighted by Gasteiger charge is 2.17. The Morgan fingerprint density at radius 3 is 2.86 bits per heavy atom. The highest BCUT2D eigenvalue weighted by atomic mass is 32.1. The van der Waals surface area contributed by atoms with E-state index in [1.165, 1.54) is 11.3 Å². The molecule has 5 nitrogen and oxygen atoms in total. The van der Waals surface area contributed by atoms with Crippen LogP contribution in [0.4, 0.5) is 5.13 Å². The molecule has 2 heterocycles. The van der Waals surface area contributed by atoms with Crippen LogP contribution in [0.15, 0.2) is 65.1 Å². The van der Waals surface area contributed by atoms with E-state index in [4.69, 9.17) is 9.15 Å². The molecule has 5 aromatic rings. The maximum Gasteiger partial charge on any atom is 0.293 e. The molecule has 0 aliphatic heterocycles. The topological polar surface area (TPSA) is 64.4 Å². The standard InChI is InChI=1S/C22H16N2O3S/c1-2-26-17-9-5-7-14-12-18(27-19(14)17)21(25)24-22-23-16-11-10-13-6-3-4-8-15(13)20(16)28-22/h3-12H,2H2,1H3,(H,23,24,25). The number of furan rings is 1. The highest BCUT2D eigenvalue weighted by molar-refractivity contribution is 7.23. The third-order valence-corrected chi connectivity index (χ3v) is 5.55. The fraction of sp³-hybridized carbons (Fsp3) is 0.0909. The molecule has 0 saturated carbocycles. The van der Waals surface area contributed by atoms with Gasteiger partial charge in [-0.1, -0.05) is 53.8 Å². The highest BCUT2D eigenvalue weighted by Crippen LogP contribution is 2.33. The molecule has 0 saturated heterocycles. The molecule has 0 radical (unpaired) electrons. The second-order valence-corrected chi connectivity index (χ2v) is 7.33. The third kappa shape index (κ3) is 2.78. The minimum atomic E-state index is -0.331. The summed E-state index contributed by atoms with van der Waals surface area (Å²) in [6.45, 7) is 2.44. The Morgan fingerprint density at radius 2 is 1.96 bits per heavy atom. The molecule has 0 aliphatic rings. The van der Waals surface area contributed by atoms with Gasteiger partial charge in [0.2, 0.25) is 0 Å². The summed E-state index contributed by atoms with van der Waals surface area (Å²) in [6, 6.07) is 19.5. The van der Waals surface area contributed by atoms with Crippen LogP contribution < -0.4 is 10.1 Å². The van der Waals surface area contributed by atoms with E-state index in [2.05, 4.69) is 22.4 Å². The van der Waals surface area contributed by atoms with Crippen LogP contribution in [0.25, 0.3) is 32.0 Å². The zero-order chi connectivity index (χ0) is 19.1. The first-order valence-corrected chi connectivity index (χ1v) is 9.79. The van der Waals surface area contributed by atoms with Crippen LogP contribution in [-0.4, -0.2) is 17.5 Å². The van der Waals surface area contributed by atoms with Gasteiger partial charge in [-0.15, -0.1) is 0 Å². The fourth-order valence-corrected chi connectivity index (χ4v) is 4.28. The van der Waals surface area contributed by atoms with Gasteiger partial charge in [-0.05, 0) is 30.5 Å². The molecule has 1 amide bonds. The van der Waals surface area contributed by atoms with E-state index in [9.17, 15) is 4.79 Å². The average molecular weight is 388 g/mol. The van der Waals surface area contributed by atoms with Gasteiger partial charge in [-0.2, -0.15) is 0 Å². The van der Waals surface area contributed by atoms with E-state index in [0.29, 0.717) is 23.1 Å². The number of para-hydroxylation sites is 1. The molecular formula is C22H16N2O3S. The molecule has 28 heavy (non-hydrogen) atoms. The van der Waals surface area contributed by atoms with Gasteiger partial charge in [0.15, 0.2) is 22.2 Å². The van der Waals surface area contributed by atoms with Gasteiger partial charge in [0.25, 0.3) is 5.91 Å². The summed E-state index contributed by atoms with van der Waals surface area (Å²) in [7, 11) is 0. The number of hydrogen-bond acceptors (Lipinski definition) is 5. The Hall–Kier alpha value is -3.38. The van der Waals surface area contributed by atoms with Crippen LogP contribution in [0.3, 0.4) is 0 Å². The number of anilines is 1. The van der Waals surface area contributed by atoms with Gasteiger partial charge in [0.1, 0.15) is 0 Å². The monoisotopic (exact) mass is 388 g/mol. The van der Waals surface area contributed by atoms with Gasteiger partial charge >= 0.3 is 0 Å². The van der Waals surface area contributed by atoms with E-state index in [0.717, 1.165) is 26.4 Å². The number of ether oxygens (including phenoxy) is 1. The average Bonchev–Trinajstić information content (AvgIpc) is 3.32. The lowest BCUT2D eigenvalue weighted by molar-refractivity contribution is 0.0998. The van der Waals surface area contributed by atoms with E-state index in [1.54, 1.807) is 6.07 Å². The Morgan fingerprint density at radius 1 is 1.11 bits per heavy atom. The maximum absolute atomic E-state index is 12.7. The van der Waals surface area contributed by atoms with Gasteiger partial charge < -0.3 is 9.15 Å². The van der Waals surface area contributed by atoms with Gasteiger partial charge in [0, 0.05) is 10.8 Å². The number of fused-ring (bicyclic) bond motifs is 4. The minimum Gasteiger partial charge on any atom is -0.490 e. The first-order valence-electron chi connectivity index (χ1n) is 8.98. The number of benzene rings is 3. The molecule has 0 spiro atoms. The second-order valence-electron chi connectivity index (χ2n) is 6.33. The Kier molecular flexibility index (Phi) is 3.98. The van der Waals surface area contributed by atoms with Crippen molar-refractivity contribution in [3.05, 3.63) is 66.4 Å². The van der Waals surface area contributed by atoms with Crippen molar-refractivity contribution in [2.75, 3.05) is 11.9 Å². The van der Waals surface area contributed by atoms with Gasteiger partial charge in [-0.3, -0.25) is 10.1 Å². The first kappa shape index (κ1) is 16.8. The zero-order valence-corrected chi connectivity index (χ0v) is 15.9. The van der Waals surface area contributed by atoms with E-state index >= 15 is 0 Å². The van der Waals surface area contributed by atoms with Crippen molar-refractivity contribution in [2.24, 2.45) is 0 Å². The third-order valence-electron chi connectivity index (χ3n) is 4.53. The summed E-state index contributed by atoms with van der Waals surface area (Å²) < 4.78 is 12.4. The van der Waals surface area contributed by atoms with Gasteiger partial charge in [0.05, 0.1) is 16.8 Å². The lowest BCUT2D eigenvalue weighted by atomic mass is 10.1. The minimum absolute atomic E-state index is 0.228. The number of nitrogens with one attached hydrogen (secondary N) is 1. The molecule has 138 valence electrons. The summed E-state index contributed by atoms with van der Waals surface area (Å²) >= 11 is 1.46. The molecule has 3 aromatic carbocycles. The van der Waals surface area contributed by atoms with Crippen molar-refractivity contribution in [1.29, 1.82) is 0 Å². The quantitative estimate of drug-likeness (QED) is 0.420. The SMILES string of the molecule is CCOc1cccc2cc(C(=O)Nc3nc4ccc5ccccc5c4s3)oc12. The Bertz CT molecular complexity index is 1340. The number of nitrogens with zero attached hydrogens (tertiary/aromatic N) is 1. The van der Waals surface area contributed by atoms with Crippen LogP contribution in [0.1, 0.15) is 17.5 Å². The van der Waals surface area contributed by atoms with Crippen LogP contribution in [-0.2, 0) is 0 Å². The summed E-state index contributed by atoms with van der Waals surface area (Å²) in [6.07, 6.45) is 0. The first-order chi connectivity index (χ1) is 13.7. The molecule has 0 fully saturated rings. The predicted molar refractivity (Wildman–Crippen MR) is 112 cm³/mol. The number of carbonyl (C=O) groups excluding carboxylic acids is 1. The van der Waals surface area contributed by atoms with Crippen LogP contribution in [0, 0.1) is 0 Å². The smallest absolute Gasteiger partial charge is 0.293 e. The number of rotatable bonds is 4. The Balaban J connectivity index is 1.49. The van der Waals surface area contributed by atoms with Crippen LogP contribution in [0.2, 0.25) is 0 Å². The predicted octanol–water partition coefficient (Wildman–Crippen LogP) is 5.85. The largest absolute Gasteiger partial charge is 0.490 e. The van der Waals surface area contributed by atoms with E-state index in [-0.39, 0.29) is 11.7 Å². The van der Waals surface area contributed by atoms with Crippen molar-refractivity contribution < 1.29 is 13.9 Å². The van der Waals surface area contributed by atoms with Crippen LogP contribution in [0.5, 0.6) is 5.75 Å². The number of aromatic nitrogens is 1. The van der Waals surface area contributed by atoms with Crippen LogP contribution >= 0.6 is 11.3 Å². The summed E-state index contributed by atoms with van der Waals surface area (Å²) in [4.78, 5) is 17.3. The number of amides is 1. The van der Waals surface area contributed by atoms with Crippen molar-refractivity contribution in [3.63, 3.8) is 0 Å². The molecule has 2 aromatic heterocycles. The van der Waals surface area contributed by atoms with Crippen molar-refractivity contribution in [3.8, 4) is 5.75 Å². The van der Waals surface area contributed by atoms with Crippen molar-refractivity contribution in [2.45, 2.75) is 6.92 Å². The lowest BCUT2D eigenvalue weighted by Gasteiger charge is -2.02. The molecule has 1 N–H and O–H groups in total. The summed E-state index contributed by atoms with van der Waals surface area (Å²) in [5, 5.41) is 6.51. The molecule has 5 rings (SSSR count). The number of carbonyl (C=O) groups is 1. The fourth-order valence-electron chi connectivity index (χ4n) is 3.29. The molecule has 0 unspecified atom stereocenters. The second kappa shape index (κ2) is 6.65. The van der Waals surface area contributed by atoms with Gasteiger partial charge in [-0.25, -0.2) is 4.98 Å². The van der Waals surface area contributed by atoms with E-state index in [1.807, 2.05) is 49.4 Å². The normalized spacial score (nSPS) is 11.3. The number of thiazole rings is 1. The summed E-state index contributed by atoms with van der Waals surface area (Å²) in [5.74, 6) is 0.527. The Labute approximate surface area is 164 Å².